The summed E-state index contributed by atoms with van der Waals surface area (Å²) in [5.74, 6) is 1.16. The number of hydrogen-bond acceptors (Lipinski definition) is 4. The molecule has 0 aromatic heterocycles. The predicted molar refractivity (Wildman–Crippen MR) is 100 cm³/mol. The van der Waals surface area contributed by atoms with Crippen molar-refractivity contribution in [2.45, 2.75) is 13.5 Å². The van der Waals surface area contributed by atoms with E-state index in [9.17, 15) is 9.59 Å². The van der Waals surface area contributed by atoms with E-state index in [2.05, 4.69) is 27.5 Å². The molecule has 0 spiro atoms. The Morgan fingerprint density at radius 3 is 2.88 bits per heavy atom. The van der Waals surface area contributed by atoms with Crippen molar-refractivity contribution in [3.05, 3.63) is 42.5 Å². The minimum absolute atomic E-state index is 0.0640. The van der Waals surface area contributed by atoms with E-state index >= 15 is 0 Å². The summed E-state index contributed by atoms with van der Waals surface area (Å²) in [6, 6.07) is 7.34. The van der Waals surface area contributed by atoms with Crippen molar-refractivity contribution in [1.29, 1.82) is 0 Å². The first kappa shape index (κ1) is 19.3. The second kappa shape index (κ2) is 10.1. The molecule has 0 unspecified atom stereocenters. The number of urea groups is 1. The number of amides is 3. The Hall–Kier alpha value is -3.03. The van der Waals surface area contributed by atoms with Crippen LogP contribution in [-0.2, 0) is 11.3 Å². The molecule has 3 N–H and O–H groups in total. The molecule has 1 heterocycles. The van der Waals surface area contributed by atoms with Crippen molar-refractivity contribution in [3.63, 3.8) is 0 Å². The average molecular weight is 359 g/mol. The molecule has 0 atom stereocenters. The maximum atomic E-state index is 11.6. The van der Waals surface area contributed by atoms with Gasteiger partial charge >= 0.3 is 6.03 Å². The molecule has 1 aromatic carbocycles. The lowest BCUT2D eigenvalue weighted by Crippen LogP contribution is -2.43. The van der Waals surface area contributed by atoms with Crippen molar-refractivity contribution in [1.82, 2.24) is 20.9 Å². The summed E-state index contributed by atoms with van der Waals surface area (Å²) in [4.78, 5) is 28.8. The number of hydrogen-bond donors (Lipinski definition) is 3. The molecule has 1 aliphatic rings. The standard InChI is InChI=1S/C18H25N5O3/c1-3-11-26-15-8-6-5-7-14(15)12-21-17(19-4-2)20-9-10-23-16(24)13-22-18(23)25/h3,5-8H,1,4,9-13H2,2H3,(H,22,25)(H2,19,20,21). The molecule has 140 valence electrons. The minimum atomic E-state index is -0.355. The summed E-state index contributed by atoms with van der Waals surface area (Å²) in [6.07, 6.45) is 1.70. The van der Waals surface area contributed by atoms with Gasteiger partial charge < -0.3 is 20.7 Å². The van der Waals surface area contributed by atoms with Crippen LogP contribution in [0.4, 0.5) is 4.79 Å². The summed E-state index contributed by atoms with van der Waals surface area (Å²) < 4.78 is 5.63. The van der Waals surface area contributed by atoms with Gasteiger partial charge in [0.25, 0.3) is 0 Å². The first-order valence-corrected chi connectivity index (χ1v) is 8.57. The van der Waals surface area contributed by atoms with Gasteiger partial charge in [-0.2, -0.15) is 0 Å². The fourth-order valence-electron chi connectivity index (χ4n) is 2.40. The first-order valence-electron chi connectivity index (χ1n) is 8.57. The van der Waals surface area contributed by atoms with Gasteiger partial charge in [-0.05, 0) is 13.0 Å². The third kappa shape index (κ3) is 5.51. The van der Waals surface area contributed by atoms with Crippen molar-refractivity contribution in [2.75, 3.05) is 32.8 Å². The molecule has 1 aliphatic heterocycles. The molecule has 0 radical (unpaired) electrons. The summed E-state index contributed by atoms with van der Waals surface area (Å²) in [5, 5.41) is 8.77. The number of benzene rings is 1. The van der Waals surface area contributed by atoms with Crippen LogP contribution in [0.1, 0.15) is 12.5 Å². The molecule has 8 heteroatoms. The molecule has 0 aliphatic carbocycles. The molecule has 2 rings (SSSR count). The highest BCUT2D eigenvalue weighted by Gasteiger charge is 2.27. The number of ether oxygens (including phenoxy) is 1. The van der Waals surface area contributed by atoms with Crippen LogP contribution in [0.5, 0.6) is 5.75 Å². The molecule has 0 bridgehead atoms. The van der Waals surface area contributed by atoms with Crippen LogP contribution < -0.4 is 20.7 Å². The molecular weight excluding hydrogens is 334 g/mol. The van der Waals surface area contributed by atoms with Crippen LogP contribution in [0.15, 0.2) is 41.9 Å². The maximum absolute atomic E-state index is 11.6. The minimum Gasteiger partial charge on any atom is -0.489 e. The van der Waals surface area contributed by atoms with E-state index in [1.54, 1.807) is 6.08 Å². The zero-order chi connectivity index (χ0) is 18.8. The van der Waals surface area contributed by atoms with E-state index in [4.69, 9.17) is 4.74 Å². The Morgan fingerprint density at radius 1 is 1.38 bits per heavy atom. The molecule has 3 amide bonds. The van der Waals surface area contributed by atoms with Crippen molar-refractivity contribution in [3.8, 4) is 5.75 Å². The molecular formula is C18H25N5O3. The van der Waals surface area contributed by atoms with Gasteiger partial charge in [-0.1, -0.05) is 30.9 Å². The number of nitrogens with one attached hydrogen (secondary N) is 3. The SMILES string of the molecule is C=CCOc1ccccc1CN=C(NCC)NCCN1C(=O)CNC1=O. The number of rotatable bonds is 9. The Kier molecular flexibility index (Phi) is 7.48. The number of nitrogens with zero attached hydrogens (tertiary/aromatic N) is 2. The fourth-order valence-corrected chi connectivity index (χ4v) is 2.40. The zero-order valence-electron chi connectivity index (χ0n) is 15.0. The topological polar surface area (TPSA) is 95.1 Å². The molecule has 26 heavy (non-hydrogen) atoms. The van der Waals surface area contributed by atoms with Crippen LogP contribution in [0, 0.1) is 0 Å². The second-order valence-electron chi connectivity index (χ2n) is 5.53. The number of para-hydroxylation sites is 1. The largest absolute Gasteiger partial charge is 0.489 e. The quantitative estimate of drug-likeness (QED) is 0.263. The lowest BCUT2D eigenvalue weighted by Gasteiger charge is -2.15. The highest BCUT2D eigenvalue weighted by atomic mass is 16.5. The molecule has 1 saturated heterocycles. The van der Waals surface area contributed by atoms with Gasteiger partial charge in [-0.25, -0.2) is 9.79 Å². The normalized spacial score (nSPS) is 14.2. The fraction of sp³-hybridized carbons (Fsp3) is 0.389. The number of imide groups is 1. The lowest BCUT2D eigenvalue weighted by atomic mass is 10.2. The monoisotopic (exact) mass is 359 g/mol. The Morgan fingerprint density at radius 2 is 2.19 bits per heavy atom. The number of guanidine groups is 1. The lowest BCUT2D eigenvalue weighted by molar-refractivity contribution is -0.124. The summed E-state index contributed by atoms with van der Waals surface area (Å²) in [5.41, 5.74) is 0.959. The van der Waals surface area contributed by atoms with E-state index in [0.717, 1.165) is 11.3 Å². The molecule has 1 aromatic rings. The second-order valence-corrected chi connectivity index (χ2v) is 5.53. The summed E-state index contributed by atoms with van der Waals surface area (Å²) >= 11 is 0. The van der Waals surface area contributed by atoms with E-state index in [-0.39, 0.29) is 25.0 Å². The van der Waals surface area contributed by atoms with E-state index in [1.165, 1.54) is 4.90 Å². The van der Waals surface area contributed by atoms with Gasteiger partial charge in [-0.15, -0.1) is 0 Å². The van der Waals surface area contributed by atoms with Gasteiger partial charge in [0.2, 0.25) is 5.91 Å². The van der Waals surface area contributed by atoms with E-state index in [0.29, 0.717) is 32.2 Å². The van der Waals surface area contributed by atoms with E-state index < -0.39 is 0 Å². The van der Waals surface area contributed by atoms with Gasteiger partial charge in [0.1, 0.15) is 12.4 Å². The van der Waals surface area contributed by atoms with Crippen LogP contribution in [0.3, 0.4) is 0 Å². The number of carbonyl (C=O) groups is 2. The zero-order valence-corrected chi connectivity index (χ0v) is 15.0. The van der Waals surface area contributed by atoms with Gasteiger partial charge in [0, 0.05) is 25.2 Å². The highest BCUT2D eigenvalue weighted by Crippen LogP contribution is 2.18. The van der Waals surface area contributed by atoms with Gasteiger partial charge in [0.05, 0.1) is 13.1 Å². The molecule has 8 nitrogen and oxygen atoms in total. The third-order valence-electron chi connectivity index (χ3n) is 3.65. The van der Waals surface area contributed by atoms with Crippen molar-refractivity contribution >= 4 is 17.9 Å². The summed E-state index contributed by atoms with van der Waals surface area (Å²) in [6.45, 7) is 7.96. The smallest absolute Gasteiger partial charge is 0.324 e. The van der Waals surface area contributed by atoms with Gasteiger partial charge in [0.15, 0.2) is 5.96 Å². The summed E-state index contributed by atoms with van der Waals surface area (Å²) in [7, 11) is 0. The highest BCUT2D eigenvalue weighted by molar-refractivity contribution is 6.01. The maximum Gasteiger partial charge on any atom is 0.324 e. The third-order valence-corrected chi connectivity index (χ3v) is 3.65. The Bertz CT molecular complexity index is 659. The Balaban J connectivity index is 1.93. The van der Waals surface area contributed by atoms with Crippen molar-refractivity contribution in [2.24, 2.45) is 4.99 Å². The predicted octanol–water partition coefficient (Wildman–Crippen LogP) is 0.858. The van der Waals surface area contributed by atoms with Crippen LogP contribution in [0.2, 0.25) is 0 Å². The average Bonchev–Trinajstić information content (AvgIpc) is 2.97. The van der Waals surface area contributed by atoms with Crippen molar-refractivity contribution < 1.29 is 14.3 Å². The van der Waals surface area contributed by atoms with Crippen LogP contribution in [-0.4, -0.2) is 55.6 Å². The van der Waals surface area contributed by atoms with Gasteiger partial charge in [-0.3, -0.25) is 9.69 Å². The first-order chi connectivity index (χ1) is 12.7. The van der Waals surface area contributed by atoms with Crippen LogP contribution >= 0.6 is 0 Å². The number of carbonyl (C=O) groups excluding carboxylic acids is 2. The Labute approximate surface area is 153 Å². The van der Waals surface area contributed by atoms with E-state index in [1.807, 2.05) is 31.2 Å². The van der Waals surface area contributed by atoms with Crippen LogP contribution in [0.25, 0.3) is 0 Å². The number of aliphatic imine (C=N–C) groups is 1. The molecule has 0 saturated carbocycles. The molecule has 1 fully saturated rings.